The molecule has 0 aromatic heterocycles. The van der Waals surface area contributed by atoms with E-state index in [4.69, 9.17) is 5.11 Å². The minimum Gasteiger partial charge on any atom is -0.478 e. The Balaban J connectivity index is 2.17. The summed E-state index contributed by atoms with van der Waals surface area (Å²) >= 11 is 0. The number of amides is 2. The lowest BCUT2D eigenvalue weighted by Crippen LogP contribution is -2.21. The molecule has 1 saturated heterocycles. The van der Waals surface area contributed by atoms with Crippen molar-refractivity contribution in [3.8, 4) is 0 Å². The first-order chi connectivity index (χ1) is 7.16. The summed E-state index contributed by atoms with van der Waals surface area (Å²) in [6, 6.07) is 6.22. The van der Waals surface area contributed by atoms with Gasteiger partial charge in [0.25, 0.3) is 0 Å². The van der Waals surface area contributed by atoms with Gasteiger partial charge in [0.2, 0.25) is 0 Å². The largest absolute Gasteiger partial charge is 0.478 e. The second kappa shape index (κ2) is 3.61. The summed E-state index contributed by atoms with van der Waals surface area (Å²) in [7, 11) is 0. The molecule has 0 radical (unpaired) electrons. The van der Waals surface area contributed by atoms with Crippen molar-refractivity contribution in [1.29, 1.82) is 0 Å². The van der Waals surface area contributed by atoms with Crippen molar-refractivity contribution >= 4 is 12.0 Å². The summed E-state index contributed by atoms with van der Waals surface area (Å²) in [4.78, 5) is 21.5. The third kappa shape index (κ3) is 1.90. The smallest absolute Gasteiger partial charge is 0.335 e. The Hall–Kier alpha value is -2.04. The zero-order valence-corrected chi connectivity index (χ0v) is 7.86. The number of carboxylic acids is 1. The number of hydrogen-bond acceptors (Lipinski definition) is 2. The van der Waals surface area contributed by atoms with E-state index in [1.165, 1.54) is 12.1 Å². The first-order valence-electron chi connectivity index (χ1n) is 4.54. The van der Waals surface area contributed by atoms with Crippen LogP contribution in [0.3, 0.4) is 0 Å². The topological polar surface area (TPSA) is 78.4 Å². The molecule has 0 bridgehead atoms. The van der Waals surface area contributed by atoms with Gasteiger partial charge in [-0.2, -0.15) is 0 Å². The van der Waals surface area contributed by atoms with E-state index in [9.17, 15) is 9.59 Å². The van der Waals surface area contributed by atoms with Crippen LogP contribution in [0.2, 0.25) is 0 Å². The van der Waals surface area contributed by atoms with Crippen molar-refractivity contribution in [2.45, 2.75) is 6.04 Å². The summed E-state index contributed by atoms with van der Waals surface area (Å²) in [5.74, 6) is -0.949. The Bertz CT molecular complexity index is 400. The Morgan fingerprint density at radius 2 is 2.00 bits per heavy atom. The van der Waals surface area contributed by atoms with Crippen LogP contribution in [0.4, 0.5) is 4.79 Å². The van der Waals surface area contributed by atoms with E-state index >= 15 is 0 Å². The van der Waals surface area contributed by atoms with Gasteiger partial charge >= 0.3 is 12.0 Å². The number of aromatic carboxylic acids is 1. The van der Waals surface area contributed by atoms with Gasteiger partial charge in [-0.15, -0.1) is 0 Å². The quantitative estimate of drug-likeness (QED) is 0.667. The predicted octanol–water partition coefficient (Wildman–Crippen LogP) is 0.739. The highest BCUT2D eigenvalue weighted by molar-refractivity contribution is 5.87. The van der Waals surface area contributed by atoms with Crippen molar-refractivity contribution in [2.24, 2.45) is 0 Å². The van der Waals surface area contributed by atoms with Gasteiger partial charge in [-0.25, -0.2) is 9.59 Å². The van der Waals surface area contributed by atoms with E-state index in [1.807, 2.05) is 0 Å². The molecule has 1 aliphatic heterocycles. The number of carbonyl (C=O) groups excluding carboxylic acids is 1. The lowest BCUT2D eigenvalue weighted by Gasteiger charge is -2.08. The molecule has 5 nitrogen and oxygen atoms in total. The molecule has 15 heavy (non-hydrogen) atoms. The Morgan fingerprint density at radius 3 is 2.47 bits per heavy atom. The molecule has 1 heterocycles. The van der Waals surface area contributed by atoms with Crippen LogP contribution in [0.5, 0.6) is 0 Å². The molecule has 3 N–H and O–H groups in total. The maximum atomic E-state index is 10.9. The van der Waals surface area contributed by atoms with Gasteiger partial charge in [0.15, 0.2) is 0 Å². The number of hydrogen-bond donors (Lipinski definition) is 3. The summed E-state index contributed by atoms with van der Waals surface area (Å²) in [5, 5.41) is 14.1. The molecule has 78 valence electrons. The van der Waals surface area contributed by atoms with Crippen LogP contribution < -0.4 is 10.6 Å². The van der Waals surface area contributed by atoms with E-state index < -0.39 is 5.97 Å². The molecule has 1 unspecified atom stereocenters. The van der Waals surface area contributed by atoms with Crippen LogP contribution in [0.25, 0.3) is 0 Å². The second-order valence-corrected chi connectivity index (χ2v) is 3.33. The van der Waals surface area contributed by atoms with Gasteiger partial charge in [-0.05, 0) is 17.7 Å². The monoisotopic (exact) mass is 206 g/mol. The van der Waals surface area contributed by atoms with Crippen molar-refractivity contribution in [3.05, 3.63) is 35.4 Å². The molecule has 0 spiro atoms. The third-order valence-corrected chi connectivity index (χ3v) is 2.33. The van der Waals surface area contributed by atoms with Gasteiger partial charge in [-0.1, -0.05) is 12.1 Å². The number of urea groups is 1. The van der Waals surface area contributed by atoms with E-state index in [-0.39, 0.29) is 17.6 Å². The van der Waals surface area contributed by atoms with Gasteiger partial charge in [0.05, 0.1) is 11.6 Å². The lowest BCUT2D eigenvalue weighted by molar-refractivity contribution is 0.0697. The highest BCUT2D eigenvalue weighted by atomic mass is 16.4. The van der Waals surface area contributed by atoms with Crippen LogP contribution >= 0.6 is 0 Å². The van der Waals surface area contributed by atoms with Gasteiger partial charge < -0.3 is 15.7 Å². The minimum atomic E-state index is -0.949. The number of rotatable bonds is 2. The Kier molecular flexibility index (Phi) is 2.29. The molecule has 1 fully saturated rings. The molecule has 0 aliphatic carbocycles. The number of carboxylic acid groups (broad SMARTS) is 1. The molecule has 1 aromatic rings. The number of nitrogens with one attached hydrogen (secondary N) is 2. The summed E-state index contributed by atoms with van der Waals surface area (Å²) < 4.78 is 0. The van der Waals surface area contributed by atoms with E-state index in [0.717, 1.165) is 5.56 Å². The molecule has 2 amide bonds. The molecule has 1 aromatic carbocycles. The van der Waals surface area contributed by atoms with E-state index in [2.05, 4.69) is 10.6 Å². The maximum absolute atomic E-state index is 10.9. The van der Waals surface area contributed by atoms with Gasteiger partial charge in [0.1, 0.15) is 0 Å². The fourth-order valence-corrected chi connectivity index (χ4v) is 1.51. The zero-order valence-electron chi connectivity index (χ0n) is 7.86. The van der Waals surface area contributed by atoms with Gasteiger partial charge in [0, 0.05) is 6.54 Å². The minimum absolute atomic E-state index is 0.0691. The molecule has 1 aliphatic rings. The molecule has 1 atom stereocenters. The van der Waals surface area contributed by atoms with Crippen LogP contribution in [0, 0.1) is 0 Å². The first kappa shape index (κ1) is 9.51. The molecule has 0 saturated carbocycles. The number of carbonyl (C=O) groups is 2. The van der Waals surface area contributed by atoms with Gasteiger partial charge in [-0.3, -0.25) is 0 Å². The summed E-state index contributed by atoms with van der Waals surface area (Å²) in [5.41, 5.74) is 1.15. The van der Waals surface area contributed by atoms with Crippen molar-refractivity contribution in [3.63, 3.8) is 0 Å². The average molecular weight is 206 g/mol. The first-order valence-corrected chi connectivity index (χ1v) is 4.54. The lowest BCUT2D eigenvalue weighted by atomic mass is 10.1. The second-order valence-electron chi connectivity index (χ2n) is 3.33. The standard InChI is InChI=1S/C10H10N2O3/c13-9(14)7-3-1-6(2-4-7)8-5-11-10(15)12-8/h1-4,8H,5H2,(H,13,14)(H2,11,12,15). The zero-order chi connectivity index (χ0) is 10.8. The normalized spacial score (nSPS) is 19.5. The third-order valence-electron chi connectivity index (χ3n) is 2.33. The molecular weight excluding hydrogens is 196 g/mol. The summed E-state index contributed by atoms with van der Waals surface area (Å²) in [6.45, 7) is 0.533. The fourth-order valence-electron chi connectivity index (χ4n) is 1.51. The average Bonchev–Trinajstić information content (AvgIpc) is 2.65. The SMILES string of the molecule is O=C1NCC(c2ccc(C(=O)O)cc2)N1. The van der Waals surface area contributed by atoms with Crippen LogP contribution in [-0.4, -0.2) is 23.7 Å². The van der Waals surface area contributed by atoms with Crippen LogP contribution in [0.1, 0.15) is 22.0 Å². The predicted molar refractivity (Wildman–Crippen MR) is 52.7 cm³/mol. The van der Waals surface area contributed by atoms with Crippen molar-refractivity contribution in [2.75, 3.05) is 6.54 Å². The van der Waals surface area contributed by atoms with Crippen LogP contribution in [0.15, 0.2) is 24.3 Å². The Labute approximate surface area is 86.1 Å². The summed E-state index contributed by atoms with van der Waals surface area (Å²) in [6.07, 6.45) is 0. The number of benzene rings is 1. The van der Waals surface area contributed by atoms with Crippen molar-refractivity contribution < 1.29 is 14.7 Å². The van der Waals surface area contributed by atoms with E-state index in [1.54, 1.807) is 12.1 Å². The Morgan fingerprint density at radius 1 is 1.33 bits per heavy atom. The highest BCUT2D eigenvalue weighted by Gasteiger charge is 2.21. The maximum Gasteiger partial charge on any atom is 0.335 e. The molecular formula is C10H10N2O3. The fraction of sp³-hybridized carbons (Fsp3) is 0.200. The van der Waals surface area contributed by atoms with Crippen molar-refractivity contribution in [1.82, 2.24) is 10.6 Å². The molecule has 5 heteroatoms. The van der Waals surface area contributed by atoms with Crippen LogP contribution in [-0.2, 0) is 0 Å². The van der Waals surface area contributed by atoms with E-state index in [0.29, 0.717) is 6.54 Å². The molecule has 2 rings (SSSR count). The highest BCUT2D eigenvalue weighted by Crippen LogP contribution is 2.15.